The highest BCUT2D eigenvalue weighted by molar-refractivity contribution is 8.00. The van der Waals surface area contributed by atoms with Gasteiger partial charge in [0.15, 0.2) is 0 Å². The summed E-state index contributed by atoms with van der Waals surface area (Å²) in [4.78, 5) is 4.34. The van der Waals surface area contributed by atoms with Crippen molar-refractivity contribution in [1.29, 1.82) is 0 Å². The number of nitrogens with one attached hydrogen (secondary N) is 1. The number of hydrogen-bond acceptors (Lipinski definition) is 3. The molecule has 0 aliphatic heterocycles. The predicted molar refractivity (Wildman–Crippen MR) is 70.1 cm³/mol. The lowest BCUT2D eigenvalue weighted by Crippen LogP contribution is -2.30. The largest absolute Gasteiger partial charge is 0.317 e. The molecule has 0 bridgehead atoms. The van der Waals surface area contributed by atoms with Crippen LogP contribution in [0.25, 0.3) is 0 Å². The molecule has 2 rings (SSSR count). The molecule has 1 fully saturated rings. The van der Waals surface area contributed by atoms with Crippen LogP contribution in [0.5, 0.6) is 0 Å². The topological polar surface area (TPSA) is 24.9 Å². The van der Waals surface area contributed by atoms with E-state index in [0.29, 0.717) is 17.2 Å². The average molecular weight is 257 g/mol. The molecule has 2 nitrogen and oxygen atoms in total. The first-order valence-corrected chi connectivity index (χ1v) is 6.92. The zero-order chi connectivity index (χ0) is 11.5. The second-order valence-corrected chi connectivity index (χ2v) is 5.91. The van der Waals surface area contributed by atoms with Gasteiger partial charge in [-0.05, 0) is 37.9 Å². The van der Waals surface area contributed by atoms with Crippen molar-refractivity contribution in [1.82, 2.24) is 10.3 Å². The zero-order valence-electron chi connectivity index (χ0n) is 9.61. The lowest BCUT2D eigenvalue weighted by atomic mass is 10.1. The van der Waals surface area contributed by atoms with Gasteiger partial charge in [-0.2, -0.15) is 0 Å². The molecule has 1 aromatic rings. The first-order valence-electron chi connectivity index (χ1n) is 5.67. The number of aromatic nitrogens is 1. The van der Waals surface area contributed by atoms with Gasteiger partial charge >= 0.3 is 0 Å². The van der Waals surface area contributed by atoms with Crippen LogP contribution in [-0.2, 0) is 0 Å². The zero-order valence-corrected chi connectivity index (χ0v) is 11.2. The number of halogens is 1. The summed E-state index contributed by atoms with van der Waals surface area (Å²) < 4.78 is 0. The summed E-state index contributed by atoms with van der Waals surface area (Å²) in [5, 5.41) is 5.75. The molecule has 0 spiro atoms. The van der Waals surface area contributed by atoms with Crippen molar-refractivity contribution in [2.45, 2.75) is 36.1 Å². The summed E-state index contributed by atoms with van der Waals surface area (Å²) >= 11 is 7.94. The van der Waals surface area contributed by atoms with Gasteiger partial charge in [-0.1, -0.05) is 18.5 Å². The fraction of sp³-hybridized carbons (Fsp3) is 0.583. The molecule has 3 unspecified atom stereocenters. The maximum atomic E-state index is 6.12. The molecule has 1 aliphatic rings. The van der Waals surface area contributed by atoms with Crippen molar-refractivity contribution < 1.29 is 0 Å². The Kier molecular flexibility index (Phi) is 4.11. The van der Waals surface area contributed by atoms with Gasteiger partial charge in [0.1, 0.15) is 5.03 Å². The van der Waals surface area contributed by atoms with Gasteiger partial charge < -0.3 is 5.32 Å². The highest BCUT2D eigenvalue weighted by Crippen LogP contribution is 2.40. The van der Waals surface area contributed by atoms with E-state index >= 15 is 0 Å². The van der Waals surface area contributed by atoms with Crippen molar-refractivity contribution in [3.8, 4) is 0 Å². The van der Waals surface area contributed by atoms with E-state index in [-0.39, 0.29) is 0 Å². The van der Waals surface area contributed by atoms with Crippen LogP contribution in [0.4, 0.5) is 0 Å². The summed E-state index contributed by atoms with van der Waals surface area (Å²) in [5.74, 6) is 0.674. The summed E-state index contributed by atoms with van der Waals surface area (Å²) in [6, 6.07) is 4.42. The summed E-state index contributed by atoms with van der Waals surface area (Å²) in [6.07, 6.45) is 4.30. The van der Waals surface area contributed by atoms with Gasteiger partial charge in [0, 0.05) is 17.5 Å². The third kappa shape index (κ3) is 2.53. The molecular formula is C12H17ClN2S. The molecule has 0 saturated heterocycles. The van der Waals surface area contributed by atoms with E-state index in [0.717, 1.165) is 10.0 Å². The van der Waals surface area contributed by atoms with Gasteiger partial charge in [0.05, 0.1) is 5.02 Å². The minimum Gasteiger partial charge on any atom is -0.317 e. The van der Waals surface area contributed by atoms with Crippen molar-refractivity contribution in [2.24, 2.45) is 5.92 Å². The van der Waals surface area contributed by atoms with Gasteiger partial charge in [-0.15, -0.1) is 11.8 Å². The van der Waals surface area contributed by atoms with E-state index < -0.39 is 0 Å². The monoisotopic (exact) mass is 256 g/mol. The quantitative estimate of drug-likeness (QED) is 0.899. The summed E-state index contributed by atoms with van der Waals surface area (Å²) in [7, 11) is 2.04. The second-order valence-electron chi connectivity index (χ2n) is 4.28. The smallest absolute Gasteiger partial charge is 0.115 e. The SMILES string of the molecule is CNC1CCC(Sc2ncccc2Cl)C1C. The molecule has 1 saturated carbocycles. The molecule has 4 heteroatoms. The van der Waals surface area contributed by atoms with E-state index in [9.17, 15) is 0 Å². The molecule has 1 aromatic heterocycles. The molecule has 16 heavy (non-hydrogen) atoms. The van der Waals surface area contributed by atoms with Crippen LogP contribution < -0.4 is 5.32 Å². The number of hydrogen-bond donors (Lipinski definition) is 1. The fourth-order valence-corrected chi connectivity index (χ4v) is 3.81. The standard InChI is InChI=1S/C12H17ClN2S/c1-8-10(14-2)5-6-11(8)16-12-9(13)4-3-7-15-12/h3-4,7-8,10-11,14H,5-6H2,1-2H3. The van der Waals surface area contributed by atoms with Crippen LogP contribution in [0.3, 0.4) is 0 Å². The van der Waals surface area contributed by atoms with Gasteiger partial charge in [-0.25, -0.2) is 4.98 Å². The van der Waals surface area contributed by atoms with Crippen LogP contribution in [-0.4, -0.2) is 23.3 Å². The van der Waals surface area contributed by atoms with Gasteiger partial charge in [-0.3, -0.25) is 0 Å². The van der Waals surface area contributed by atoms with Crippen LogP contribution in [0, 0.1) is 5.92 Å². The van der Waals surface area contributed by atoms with E-state index in [4.69, 9.17) is 11.6 Å². The number of nitrogens with zero attached hydrogens (tertiary/aromatic N) is 1. The van der Waals surface area contributed by atoms with E-state index in [1.54, 1.807) is 0 Å². The van der Waals surface area contributed by atoms with E-state index in [1.165, 1.54) is 12.8 Å². The number of rotatable bonds is 3. The Labute approximate surface area is 106 Å². The second kappa shape index (κ2) is 5.39. The van der Waals surface area contributed by atoms with Gasteiger partial charge in [0.2, 0.25) is 0 Å². The first kappa shape index (κ1) is 12.2. The Bertz CT molecular complexity index is 359. The molecule has 1 aliphatic carbocycles. The van der Waals surface area contributed by atoms with Crippen molar-refractivity contribution in [3.63, 3.8) is 0 Å². The molecule has 3 atom stereocenters. The Morgan fingerprint density at radius 3 is 2.94 bits per heavy atom. The number of thioether (sulfide) groups is 1. The lowest BCUT2D eigenvalue weighted by Gasteiger charge is -2.19. The lowest BCUT2D eigenvalue weighted by molar-refractivity contribution is 0.464. The number of pyridine rings is 1. The molecule has 88 valence electrons. The summed E-state index contributed by atoms with van der Waals surface area (Å²) in [6.45, 7) is 2.31. The minimum absolute atomic E-state index is 0.629. The van der Waals surface area contributed by atoms with Crippen LogP contribution in [0.2, 0.25) is 5.02 Å². The molecule has 0 amide bonds. The third-order valence-electron chi connectivity index (χ3n) is 3.34. The first-order chi connectivity index (χ1) is 7.72. The molecule has 1 heterocycles. The molecule has 1 N–H and O–H groups in total. The highest BCUT2D eigenvalue weighted by atomic mass is 35.5. The fourth-order valence-electron chi connectivity index (χ4n) is 2.30. The maximum absolute atomic E-state index is 6.12. The van der Waals surface area contributed by atoms with Crippen LogP contribution >= 0.6 is 23.4 Å². The molecule has 0 radical (unpaired) electrons. The van der Waals surface area contributed by atoms with Crippen molar-refractivity contribution in [3.05, 3.63) is 23.4 Å². The maximum Gasteiger partial charge on any atom is 0.115 e. The normalized spacial score (nSPS) is 29.6. The molecular weight excluding hydrogens is 240 g/mol. The highest BCUT2D eigenvalue weighted by Gasteiger charge is 2.32. The minimum atomic E-state index is 0.629. The Morgan fingerprint density at radius 2 is 2.31 bits per heavy atom. The van der Waals surface area contributed by atoms with E-state index in [2.05, 4.69) is 17.2 Å². The van der Waals surface area contributed by atoms with Crippen molar-refractivity contribution >= 4 is 23.4 Å². The van der Waals surface area contributed by atoms with E-state index in [1.807, 2.05) is 37.1 Å². The van der Waals surface area contributed by atoms with Crippen LogP contribution in [0.15, 0.2) is 23.4 Å². The summed E-state index contributed by atoms with van der Waals surface area (Å²) in [5.41, 5.74) is 0. The average Bonchev–Trinajstić information content (AvgIpc) is 2.63. The van der Waals surface area contributed by atoms with Crippen molar-refractivity contribution in [2.75, 3.05) is 7.05 Å². The van der Waals surface area contributed by atoms with Crippen LogP contribution in [0.1, 0.15) is 19.8 Å². The Morgan fingerprint density at radius 1 is 1.50 bits per heavy atom. The predicted octanol–water partition coefficient (Wildman–Crippen LogP) is 3.21. The Balaban J connectivity index is 2.04. The van der Waals surface area contributed by atoms with Gasteiger partial charge in [0.25, 0.3) is 0 Å². The Hall–Kier alpha value is -0.250. The third-order valence-corrected chi connectivity index (χ3v) is 5.28. The molecule has 0 aromatic carbocycles.